The Kier molecular flexibility index (Phi) is 3.45. The molecule has 4 heteroatoms. The van der Waals surface area contributed by atoms with Crippen LogP contribution >= 0.6 is 34.3 Å². The molecule has 0 aliphatic rings. The van der Waals surface area contributed by atoms with Crippen molar-refractivity contribution in [3.63, 3.8) is 0 Å². The van der Waals surface area contributed by atoms with E-state index in [4.69, 9.17) is 11.6 Å². The molecule has 0 unspecified atom stereocenters. The summed E-state index contributed by atoms with van der Waals surface area (Å²) in [4.78, 5) is 1.41. The van der Waals surface area contributed by atoms with Crippen LogP contribution in [-0.4, -0.2) is 6.54 Å². The van der Waals surface area contributed by atoms with E-state index in [-0.39, 0.29) is 0 Å². The minimum atomic E-state index is 0.844. The van der Waals surface area contributed by atoms with E-state index in [1.807, 2.05) is 11.4 Å². The predicted molar refractivity (Wildman–Crippen MR) is 65.8 cm³/mol. The summed E-state index contributed by atoms with van der Waals surface area (Å²) in [6, 6.07) is 6.25. The molecule has 0 aromatic carbocycles. The Balaban J connectivity index is 1.81. The molecule has 0 spiro atoms. The Labute approximate surface area is 96.4 Å². The van der Waals surface area contributed by atoms with Crippen molar-refractivity contribution in [3.8, 4) is 0 Å². The van der Waals surface area contributed by atoms with Gasteiger partial charge in [-0.15, -0.1) is 22.7 Å². The molecule has 0 saturated carbocycles. The average Bonchev–Trinajstić information content (AvgIpc) is 2.78. The largest absolute Gasteiger partial charge is 0.383 e. The number of nitrogens with one attached hydrogen (secondary N) is 1. The van der Waals surface area contributed by atoms with Crippen LogP contribution in [0, 0.1) is 0 Å². The summed E-state index contributed by atoms with van der Waals surface area (Å²) >= 11 is 9.31. The predicted octanol–water partition coefficient (Wildman–Crippen LogP) is 4.12. The maximum Gasteiger partial charge on any atom is 0.116 e. The second kappa shape index (κ2) is 4.82. The third-order valence-corrected chi connectivity index (χ3v) is 3.99. The molecule has 74 valence electrons. The fourth-order valence-corrected chi connectivity index (χ4v) is 2.78. The first kappa shape index (κ1) is 10.0. The number of rotatable bonds is 4. The summed E-state index contributed by atoms with van der Waals surface area (Å²) in [5.41, 5.74) is 1.05. The highest BCUT2D eigenvalue weighted by molar-refractivity contribution is 7.15. The van der Waals surface area contributed by atoms with E-state index in [1.54, 1.807) is 22.7 Å². The Hall–Kier alpha value is -0.510. The van der Waals surface area contributed by atoms with Gasteiger partial charge in [-0.1, -0.05) is 17.7 Å². The first-order valence-corrected chi connectivity index (χ1v) is 6.49. The van der Waals surface area contributed by atoms with Crippen LogP contribution < -0.4 is 5.32 Å². The SMILES string of the molecule is Clc1sccc1NCCc1cccs1. The quantitative estimate of drug-likeness (QED) is 0.852. The normalized spacial score (nSPS) is 10.4. The van der Waals surface area contributed by atoms with Crippen LogP contribution in [0.2, 0.25) is 4.34 Å². The first-order valence-electron chi connectivity index (χ1n) is 4.35. The molecule has 0 aliphatic carbocycles. The van der Waals surface area contributed by atoms with Gasteiger partial charge < -0.3 is 5.32 Å². The molecule has 0 bridgehead atoms. The second-order valence-corrected chi connectivity index (χ2v) is 5.41. The van der Waals surface area contributed by atoms with Gasteiger partial charge in [-0.05, 0) is 29.3 Å². The highest BCUT2D eigenvalue weighted by Crippen LogP contribution is 2.27. The van der Waals surface area contributed by atoms with Crippen molar-refractivity contribution >= 4 is 40.0 Å². The smallest absolute Gasteiger partial charge is 0.116 e. The van der Waals surface area contributed by atoms with Crippen molar-refractivity contribution < 1.29 is 0 Å². The van der Waals surface area contributed by atoms with Crippen LogP contribution in [-0.2, 0) is 6.42 Å². The van der Waals surface area contributed by atoms with E-state index in [9.17, 15) is 0 Å². The monoisotopic (exact) mass is 243 g/mol. The zero-order chi connectivity index (χ0) is 9.80. The van der Waals surface area contributed by atoms with Gasteiger partial charge in [0.15, 0.2) is 0 Å². The minimum absolute atomic E-state index is 0.844. The molecular weight excluding hydrogens is 234 g/mol. The number of thiophene rings is 2. The minimum Gasteiger partial charge on any atom is -0.383 e. The van der Waals surface area contributed by atoms with Crippen LogP contribution in [0.4, 0.5) is 5.69 Å². The lowest BCUT2D eigenvalue weighted by molar-refractivity contribution is 1.05. The molecule has 0 radical (unpaired) electrons. The van der Waals surface area contributed by atoms with E-state index in [1.165, 1.54) is 4.88 Å². The third-order valence-electron chi connectivity index (χ3n) is 1.88. The van der Waals surface area contributed by atoms with Crippen LogP contribution in [0.5, 0.6) is 0 Å². The van der Waals surface area contributed by atoms with E-state index >= 15 is 0 Å². The molecular formula is C10H10ClNS2. The van der Waals surface area contributed by atoms with Gasteiger partial charge in [0, 0.05) is 11.4 Å². The fraction of sp³-hybridized carbons (Fsp3) is 0.200. The topological polar surface area (TPSA) is 12.0 Å². The standard InChI is InChI=1S/C10H10ClNS2/c11-10-9(4-7-14-10)12-5-3-8-2-1-6-13-8/h1-2,4,6-7,12H,3,5H2. The summed E-state index contributed by atoms with van der Waals surface area (Å²) in [5, 5.41) is 7.42. The second-order valence-electron chi connectivity index (χ2n) is 2.86. The van der Waals surface area contributed by atoms with Crippen LogP contribution in [0.15, 0.2) is 29.0 Å². The molecule has 1 nitrogen and oxygen atoms in total. The lowest BCUT2D eigenvalue weighted by Gasteiger charge is -2.02. The van der Waals surface area contributed by atoms with Gasteiger partial charge in [0.2, 0.25) is 0 Å². The van der Waals surface area contributed by atoms with Crippen molar-refractivity contribution in [2.24, 2.45) is 0 Å². The number of hydrogen-bond acceptors (Lipinski definition) is 3. The number of halogens is 1. The fourth-order valence-electron chi connectivity index (χ4n) is 1.19. The van der Waals surface area contributed by atoms with Crippen LogP contribution in [0.25, 0.3) is 0 Å². The highest BCUT2D eigenvalue weighted by Gasteiger charge is 2.00. The van der Waals surface area contributed by atoms with Crippen LogP contribution in [0.3, 0.4) is 0 Å². The van der Waals surface area contributed by atoms with E-state index in [0.29, 0.717) is 0 Å². The molecule has 14 heavy (non-hydrogen) atoms. The van der Waals surface area contributed by atoms with E-state index in [2.05, 4.69) is 22.8 Å². The molecule has 0 aliphatic heterocycles. The molecule has 0 atom stereocenters. The van der Waals surface area contributed by atoms with Crippen LogP contribution in [0.1, 0.15) is 4.88 Å². The van der Waals surface area contributed by atoms with E-state index < -0.39 is 0 Å². The Morgan fingerprint density at radius 2 is 2.14 bits per heavy atom. The Morgan fingerprint density at radius 1 is 1.21 bits per heavy atom. The van der Waals surface area contributed by atoms with Crippen molar-refractivity contribution in [2.45, 2.75) is 6.42 Å². The molecule has 0 amide bonds. The zero-order valence-corrected chi connectivity index (χ0v) is 9.88. The maximum atomic E-state index is 5.96. The maximum absolute atomic E-state index is 5.96. The zero-order valence-electron chi connectivity index (χ0n) is 7.50. The van der Waals surface area contributed by atoms with Crippen molar-refractivity contribution in [2.75, 3.05) is 11.9 Å². The van der Waals surface area contributed by atoms with Gasteiger partial charge in [-0.2, -0.15) is 0 Å². The molecule has 2 rings (SSSR count). The van der Waals surface area contributed by atoms with Gasteiger partial charge in [-0.3, -0.25) is 0 Å². The molecule has 0 fully saturated rings. The number of hydrogen-bond donors (Lipinski definition) is 1. The average molecular weight is 244 g/mol. The Bertz CT molecular complexity index is 380. The summed E-state index contributed by atoms with van der Waals surface area (Å²) in [6.45, 7) is 0.941. The van der Waals surface area contributed by atoms with E-state index in [0.717, 1.165) is 23.0 Å². The lowest BCUT2D eigenvalue weighted by atomic mass is 10.3. The van der Waals surface area contributed by atoms with Gasteiger partial charge in [-0.25, -0.2) is 0 Å². The Morgan fingerprint density at radius 3 is 2.79 bits per heavy atom. The third kappa shape index (κ3) is 2.50. The van der Waals surface area contributed by atoms with Gasteiger partial charge in [0.1, 0.15) is 4.34 Å². The molecule has 1 N–H and O–H groups in total. The van der Waals surface area contributed by atoms with Crippen molar-refractivity contribution in [1.29, 1.82) is 0 Å². The van der Waals surface area contributed by atoms with Crippen molar-refractivity contribution in [1.82, 2.24) is 0 Å². The lowest BCUT2D eigenvalue weighted by Crippen LogP contribution is -2.02. The van der Waals surface area contributed by atoms with Gasteiger partial charge in [0.05, 0.1) is 5.69 Å². The van der Waals surface area contributed by atoms with Crippen molar-refractivity contribution in [3.05, 3.63) is 38.2 Å². The molecule has 0 saturated heterocycles. The summed E-state index contributed by atoms with van der Waals surface area (Å²) in [6.07, 6.45) is 1.06. The van der Waals surface area contributed by atoms with Gasteiger partial charge in [0.25, 0.3) is 0 Å². The first-order chi connectivity index (χ1) is 6.86. The molecule has 2 heterocycles. The molecule has 2 aromatic heterocycles. The summed E-state index contributed by atoms with van der Waals surface area (Å²) < 4.78 is 0.844. The van der Waals surface area contributed by atoms with Gasteiger partial charge >= 0.3 is 0 Å². The number of anilines is 1. The highest BCUT2D eigenvalue weighted by atomic mass is 35.5. The summed E-state index contributed by atoms with van der Waals surface area (Å²) in [5.74, 6) is 0. The summed E-state index contributed by atoms with van der Waals surface area (Å²) in [7, 11) is 0. The molecule has 2 aromatic rings.